The van der Waals surface area contributed by atoms with E-state index in [0.29, 0.717) is 6.54 Å². The number of thiophene rings is 1. The third kappa shape index (κ3) is 2.69. The van der Waals surface area contributed by atoms with Crippen molar-refractivity contribution in [3.8, 4) is 0 Å². The number of rotatable bonds is 5. The summed E-state index contributed by atoms with van der Waals surface area (Å²) in [6.07, 6.45) is 0.292. The van der Waals surface area contributed by atoms with Gasteiger partial charge in [0.25, 0.3) is 0 Å². The number of nitrogens with two attached hydrogens (primary N) is 1. The molecule has 3 atom stereocenters. The van der Waals surface area contributed by atoms with Crippen molar-refractivity contribution < 1.29 is 9.47 Å². The molecule has 0 aromatic carbocycles. The zero-order chi connectivity index (χ0) is 12.3. The highest BCUT2D eigenvalue weighted by Gasteiger charge is 2.36. The van der Waals surface area contributed by atoms with Crippen LogP contribution in [-0.4, -0.2) is 51.0 Å². The fourth-order valence-corrected chi connectivity index (χ4v) is 3.15. The van der Waals surface area contributed by atoms with E-state index >= 15 is 0 Å². The van der Waals surface area contributed by atoms with E-state index in [4.69, 9.17) is 15.2 Å². The summed E-state index contributed by atoms with van der Waals surface area (Å²) in [5, 5.41) is 4.26. The van der Waals surface area contributed by atoms with Crippen molar-refractivity contribution in [2.75, 3.05) is 33.9 Å². The Bertz CT molecular complexity index is 319. The Kier molecular flexibility index (Phi) is 4.53. The zero-order valence-corrected chi connectivity index (χ0v) is 11.2. The van der Waals surface area contributed by atoms with Crippen LogP contribution in [0.15, 0.2) is 16.8 Å². The second-order valence-corrected chi connectivity index (χ2v) is 5.09. The van der Waals surface area contributed by atoms with Gasteiger partial charge in [-0.15, -0.1) is 0 Å². The molecule has 0 amide bonds. The molecule has 1 aromatic rings. The van der Waals surface area contributed by atoms with Crippen molar-refractivity contribution in [3.05, 3.63) is 22.4 Å². The summed E-state index contributed by atoms with van der Waals surface area (Å²) in [5.41, 5.74) is 7.19. The minimum absolute atomic E-state index is 0.146. The number of methoxy groups -OCH3 is 2. The van der Waals surface area contributed by atoms with Gasteiger partial charge in [0.05, 0.1) is 12.2 Å². The van der Waals surface area contributed by atoms with E-state index < -0.39 is 0 Å². The highest BCUT2D eigenvalue weighted by Crippen LogP contribution is 2.27. The summed E-state index contributed by atoms with van der Waals surface area (Å²) >= 11 is 1.71. The lowest BCUT2D eigenvalue weighted by Crippen LogP contribution is -2.32. The Morgan fingerprint density at radius 2 is 2.06 bits per heavy atom. The van der Waals surface area contributed by atoms with Gasteiger partial charge in [0.2, 0.25) is 0 Å². The lowest BCUT2D eigenvalue weighted by molar-refractivity contribution is -0.00461. The summed E-state index contributed by atoms with van der Waals surface area (Å²) in [5.74, 6) is 0. The van der Waals surface area contributed by atoms with E-state index in [2.05, 4.69) is 21.7 Å². The molecule has 17 heavy (non-hydrogen) atoms. The van der Waals surface area contributed by atoms with E-state index in [1.54, 1.807) is 25.6 Å². The maximum Gasteiger partial charge on any atom is 0.0972 e. The lowest BCUT2D eigenvalue weighted by atomic mass is 10.1. The van der Waals surface area contributed by atoms with Gasteiger partial charge >= 0.3 is 0 Å². The molecule has 4 nitrogen and oxygen atoms in total. The highest BCUT2D eigenvalue weighted by molar-refractivity contribution is 7.07. The topological polar surface area (TPSA) is 47.7 Å². The van der Waals surface area contributed by atoms with Gasteiger partial charge in [-0.2, -0.15) is 11.3 Å². The van der Waals surface area contributed by atoms with Gasteiger partial charge in [-0.3, -0.25) is 4.90 Å². The van der Waals surface area contributed by atoms with Crippen molar-refractivity contribution in [2.45, 2.75) is 18.2 Å². The van der Waals surface area contributed by atoms with Crippen LogP contribution in [0, 0.1) is 0 Å². The minimum atomic E-state index is 0.146. The summed E-state index contributed by atoms with van der Waals surface area (Å²) in [4.78, 5) is 2.35. The van der Waals surface area contributed by atoms with Crippen LogP contribution in [0.5, 0.6) is 0 Å². The first kappa shape index (κ1) is 13.0. The van der Waals surface area contributed by atoms with E-state index in [9.17, 15) is 0 Å². The van der Waals surface area contributed by atoms with Crippen LogP contribution in [0.4, 0.5) is 0 Å². The summed E-state index contributed by atoms with van der Waals surface area (Å²) in [7, 11) is 3.48. The third-order valence-corrected chi connectivity index (χ3v) is 4.14. The second-order valence-electron chi connectivity index (χ2n) is 4.31. The predicted octanol–water partition coefficient (Wildman–Crippen LogP) is 1.09. The maximum absolute atomic E-state index is 5.90. The van der Waals surface area contributed by atoms with Gasteiger partial charge in [-0.25, -0.2) is 0 Å². The molecule has 3 unspecified atom stereocenters. The molecule has 1 aliphatic heterocycles. The number of hydrogen-bond acceptors (Lipinski definition) is 5. The largest absolute Gasteiger partial charge is 0.377 e. The van der Waals surface area contributed by atoms with E-state index in [0.717, 1.165) is 13.1 Å². The Hall–Kier alpha value is -0.460. The number of likely N-dealkylation sites (tertiary alicyclic amines) is 1. The SMILES string of the molecule is COC1CN(C(CN)c2ccsc2)CC1OC. The molecule has 0 bridgehead atoms. The summed E-state index contributed by atoms with van der Waals surface area (Å²) < 4.78 is 10.9. The first-order chi connectivity index (χ1) is 8.30. The van der Waals surface area contributed by atoms with Crippen LogP contribution >= 0.6 is 11.3 Å². The Balaban J connectivity index is 2.07. The Morgan fingerprint density at radius 1 is 1.41 bits per heavy atom. The monoisotopic (exact) mass is 256 g/mol. The van der Waals surface area contributed by atoms with E-state index in [1.165, 1.54) is 5.56 Å². The second kappa shape index (κ2) is 5.93. The molecule has 1 fully saturated rings. The normalized spacial score (nSPS) is 27.5. The first-order valence-electron chi connectivity index (χ1n) is 5.82. The number of nitrogens with zero attached hydrogens (tertiary/aromatic N) is 1. The molecule has 2 rings (SSSR count). The minimum Gasteiger partial charge on any atom is -0.377 e. The quantitative estimate of drug-likeness (QED) is 0.857. The zero-order valence-electron chi connectivity index (χ0n) is 10.3. The summed E-state index contributed by atoms with van der Waals surface area (Å²) in [6.45, 7) is 2.39. The van der Waals surface area contributed by atoms with Crippen LogP contribution in [0.25, 0.3) is 0 Å². The van der Waals surface area contributed by atoms with Gasteiger partial charge in [0, 0.05) is 39.9 Å². The van der Waals surface area contributed by atoms with Gasteiger partial charge < -0.3 is 15.2 Å². The molecule has 0 aliphatic carbocycles. The van der Waals surface area contributed by atoms with Crippen LogP contribution in [0.1, 0.15) is 11.6 Å². The van der Waals surface area contributed by atoms with Crippen molar-refractivity contribution in [1.29, 1.82) is 0 Å². The van der Waals surface area contributed by atoms with E-state index in [-0.39, 0.29) is 18.2 Å². The molecule has 0 radical (unpaired) electrons. The predicted molar refractivity (Wildman–Crippen MR) is 69.3 cm³/mol. The average molecular weight is 256 g/mol. The standard InChI is InChI=1S/C12H20N2O2S/c1-15-11-6-14(7-12(11)16-2)10(5-13)9-3-4-17-8-9/h3-4,8,10-12H,5-7,13H2,1-2H3. The van der Waals surface area contributed by atoms with Crippen LogP contribution in [-0.2, 0) is 9.47 Å². The third-order valence-electron chi connectivity index (χ3n) is 3.44. The fourth-order valence-electron chi connectivity index (χ4n) is 2.44. The van der Waals surface area contributed by atoms with Crippen molar-refractivity contribution in [3.63, 3.8) is 0 Å². The molecule has 2 heterocycles. The molecule has 1 saturated heterocycles. The van der Waals surface area contributed by atoms with Crippen molar-refractivity contribution in [2.24, 2.45) is 5.73 Å². The lowest BCUT2D eigenvalue weighted by Gasteiger charge is -2.25. The molecule has 5 heteroatoms. The molecule has 0 saturated carbocycles. The van der Waals surface area contributed by atoms with Crippen molar-refractivity contribution >= 4 is 11.3 Å². The number of ether oxygens (including phenoxy) is 2. The highest BCUT2D eigenvalue weighted by atomic mass is 32.1. The molecule has 1 aromatic heterocycles. The Morgan fingerprint density at radius 3 is 2.47 bits per heavy atom. The maximum atomic E-state index is 5.90. The van der Waals surface area contributed by atoms with E-state index in [1.807, 2.05) is 0 Å². The van der Waals surface area contributed by atoms with Gasteiger partial charge in [0.1, 0.15) is 0 Å². The van der Waals surface area contributed by atoms with Crippen LogP contribution < -0.4 is 5.73 Å². The molecular formula is C12H20N2O2S. The smallest absolute Gasteiger partial charge is 0.0972 e. The molecular weight excluding hydrogens is 236 g/mol. The van der Waals surface area contributed by atoms with Gasteiger partial charge in [0.15, 0.2) is 0 Å². The molecule has 1 aliphatic rings. The fraction of sp³-hybridized carbons (Fsp3) is 0.667. The summed E-state index contributed by atoms with van der Waals surface area (Å²) in [6, 6.07) is 2.42. The van der Waals surface area contributed by atoms with Crippen LogP contribution in [0.3, 0.4) is 0 Å². The molecule has 96 valence electrons. The van der Waals surface area contributed by atoms with Crippen LogP contribution in [0.2, 0.25) is 0 Å². The number of hydrogen-bond donors (Lipinski definition) is 1. The Labute approximate surface area is 106 Å². The average Bonchev–Trinajstić information content (AvgIpc) is 2.99. The first-order valence-corrected chi connectivity index (χ1v) is 6.76. The molecule has 0 spiro atoms. The van der Waals surface area contributed by atoms with Gasteiger partial charge in [-0.05, 0) is 22.4 Å². The van der Waals surface area contributed by atoms with Gasteiger partial charge in [-0.1, -0.05) is 0 Å². The molecule has 2 N–H and O–H groups in total. The van der Waals surface area contributed by atoms with Crippen molar-refractivity contribution in [1.82, 2.24) is 4.90 Å².